The van der Waals surface area contributed by atoms with Crippen LogP contribution >= 0.6 is 0 Å². The molecule has 0 bridgehead atoms. The van der Waals surface area contributed by atoms with Crippen LogP contribution in [0.3, 0.4) is 0 Å². The third-order valence-corrected chi connectivity index (χ3v) is 3.09. The molecular formula is C11H23N. The highest BCUT2D eigenvalue weighted by atomic mass is 15.2. The van der Waals surface area contributed by atoms with Gasteiger partial charge in [-0.05, 0) is 45.2 Å². The Bertz CT molecular complexity index is 149. The van der Waals surface area contributed by atoms with Gasteiger partial charge in [0, 0.05) is 5.54 Å². The Morgan fingerprint density at radius 3 is 1.75 bits per heavy atom. The molecule has 1 aliphatic rings. The molecule has 1 heteroatoms. The van der Waals surface area contributed by atoms with Gasteiger partial charge in [-0.25, -0.2) is 0 Å². The van der Waals surface area contributed by atoms with E-state index < -0.39 is 0 Å². The Labute approximate surface area is 77.1 Å². The molecule has 0 atom stereocenters. The molecule has 0 unspecified atom stereocenters. The molecule has 0 aromatic carbocycles. The van der Waals surface area contributed by atoms with Gasteiger partial charge in [0.1, 0.15) is 0 Å². The van der Waals surface area contributed by atoms with E-state index in [0.29, 0.717) is 11.0 Å². The molecule has 1 nitrogen and oxygen atoms in total. The van der Waals surface area contributed by atoms with E-state index in [-0.39, 0.29) is 0 Å². The molecule has 1 aliphatic carbocycles. The van der Waals surface area contributed by atoms with E-state index in [1.807, 2.05) is 0 Å². The first-order chi connectivity index (χ1) is 5.36. The number of hydrogen-bond acceptors (Lipinski definition) is 1. The fourth-order valence-corrected chi connectivity index (χ4v) is 2.35. The van der Waals surface area contributed by atoms with Gasteiger partial charge in [-0.3, -0.25) is 0 Å². The third kappa shape index (κ3) is 2.01. The molecule has 0 N–H and O–H groups in total. The Kier molecular flexibility index (Phi) is 2.53. The van der Waals surface area contributed by atoms with Crippen molar-refractivity contribution in [2.45, 2.75) is 52.0 Å². The Morgan fingerprint density at radius 2 is 1.67 bits per heavy atom. The average molecular weight is 169 g/mol. The van der Waals surface area contributed by atoms with Crippen LogP contribution in [0.25, 0.3) is 0 Å². The minimum Gasteiger partial charge on any atom is -0.304 e. The van der Waals surface area contributed by atoms with Gasteiger partial charge in [0.25, 0.3) is 0 Å². The van der Waals surface area contributed by atoms with Crippen LogP contribution in [0.2, 0.25) is 0 Å². The van der Waals surface area contributed by atoms with Crippen molar-refractivity contribution in [3.05, 3.63) is 0 Å². The molecule has 0 aromatic rings. The van der Waals surface area contributed by atoms with Crippen LogP contribution in [0.5, 0.6) is 0 Å². The van der Waals surface area contributed by atoms with Gasteiger partial charge >= 0.3 is 0 Å². The van der Waals surface area contributed by atoms with E-state index in [2.05, 4.69) is 39.8 Å². The number of hydrogen-bond donors (Lipinski definition) is 0. The predicted octanol–water partition coefficient (Wildman–Crippen LogP) is 2.91. The topological polar surface area (TPSA) is 3.24 Å². The van der Waals surface area contributed by atoms with Crippen LogP contribution in [-0.4, -0.2) is 24.5 Å². The maximum atomic E-state index is 2.43. The standard InChI is InChI=1S/C11H23N/c1-10(2,3)9-11(12(4)5)7-6-8-11/h6-9H2,1-5H3. The molecular weight excluding hydrogens is 146 g/mol. The molecule has 0 radical (unpaired) electrons. The van der Waals surface area contributed by atoms with E-state index in [1.165, 1.54) is 25.7 Å². The zero-order chi connectivity index (χ0) is 9.41. The molecule has 72 valence electrons. The van der Waals surface area contributed by atoms with Crippen molar-refractivity contribution in [1.82, 2.24) is 4.90 Å². The van der Waals surface area contributed by atoms with Gasteiger partial charge < -0.3 is 4.90 Å². The first kappa shape index (κ1) is 10.0. The fourth-order valence-electron chi connectivity index (χ4n) is 2.35. The lowest BCUT2D eigenvalue weighted by atomic mass is 9.67. The lowest BCUT2D eigenvalue weighted by Crippen LogP contribution is -2.52. The zero-order valence-electron chi connectivity index (χ0n) is 9.28. The second-order valence-corrected chi connectivity index (χ2v) is 5.71. The highest BCUT2D eigenvalue weighted by Gasteiger charge is 2.41. The van der Waals surface area contributed by atoms with Crippen molar-refractivity contribution in [3.8, 4) is 0 Å². The minimum atomic E-state index is 0.477. The molecule has 0 aliphatic heterocycles. The van der Waals surface area contributed by atoms with Crippen LogP contribution < -0.4 is 0 Å². The van der Waals surface area contributed by atoms with Gasteiger partial charge in [-0.15, -0.1) is 0 Å². The van der Waals surface area contributed by atoms with Crippen LogP contribution in [0, 0.1) is 5.41 Å². The maximum absolute atomic E-state index is 2.43. The molecule has 1 saturated carbocycles. The van der Waals surface area contributed by atoms with Crippen LogP contribution in [0.15, 0.2) is 0 Å². The summed E-state index contributed by atoms with van der Waals surface area (Å²) in [6, 6.07) is 0. The zero-order valence-corrected chi connectivity index (χ0v) is 9.28. The first-order valence-electron chi connectivity index (χ1n) is 5.03. The number of rotatable bonds is 2. The van der Waals surface area contributed by atoms with Crippen LogP contribution in [0.4, 0.5) is 0 Å². The smallest absolute Gasteiger partial charge is 0.0208 e. The molecule has 0 amide bonds. The monoisotopic (exact) mass is 169 g/mol. The average Bonchev–Trinajstić information content (AvgIpc) is 1.75. The van der Waals surface area contributed by atoms with Crippen LogP contribution in [-0.2, 0) is 0 Å². The summed E-state index contributed by atoms with van der Waals surface area (Å²) in [6.45, 7) is 7.03. The largest absolute Gasteiger partial charge is 0.304 e. The van der Waals surface area contributed by atoms with Crippen LogP contribution in [0.1, 0.15) is 46.5 Å². The second-order valence-electron chi connectivity index (χ2n) is 5.71. The van der Waals surface area contributed by atoms with Gasteiger partial charge in [-0.2, -0.15) is 0 Å². The first-order valence-corrected chi connectivity index (χ1v) is 5.03. The second kappa shape index (κ2) is 3.02. The summed E-state index contributed by atoms with van der Waals surface area (Å²) in [4.78, 5) is 2.43. The summed E-state index contributed by atoms with van der Waals surface area (Å²) < 4.78 is 0. The fraction of sp³-hybridized carbons (Fsp3) is 1.00. The van der Waals surface area contributed by atoms with E-state index in [0.717, 1.165) is 0 Å². The van der Waals surface area contributed by atoms with Crippen molar-refractivity contribution in [3.63, 3.8) is 0 Å². The van der Waals surface area contributed by atoms with Gasteiger partial charge in [0.2, 0.25) is 0 Å². The maximum Gasteiger partial charge on any atom is 0.0208 e. The molecule has 0 saturated heterocycles. The summed E-state index contributed by atoms with van der Waals surface area (Å²) >= 11 is 0. The third-order valence-electron chi connectivity index (χ3n) is 3.09. The summed E-state index contributed by atoms with van der Waals surface area (Å²) in [6.07, 6.45) is 5.57. The highest BCUT2D eigenvalue weighted by Crippen LogP contribution is 2.44. The predicted molar refractivity (Wildman–Crippen MR) is 54.3 cm³/mol. The van der Waals surface area contributed by atoms with Crippen molar-refractivity contribution in [2.75, 3.05) is 14.1 Å². The van der Waals surface area contributed by atoms with E-state index >= 15 is 0 Å². The summed E-state index contributed by atoms with van der Waals surface area (Å²) in [5.41, 5.74) is 1.02. The van der Waals surface area contributed by atoms with Crippen molar-refractivity contribution >= 4 is 0 Å². The summed E-state index contributed by atoms with van der Waals surface area (Å²) in [7, 11) is 4.45. The Morgan fingerprint density at radius 1 is 1.17 bits per heavy atom. The molecule has 0 heterocycles. The Balaban J connectivity index is 2.57. The molecule has 12 heavy (non-hydrogen) atoms. The lowest BCUT2D eigenvalue weighted by Gasteiger charge is -2.50. The van der Waals surface area contributed by atoms with Crippen molar-refractivity contribution in [2.24, 2.45) is 5.41 Å². The van der Waals surface area contributed by atoms with Crippen molar-refractivity contribution in [1.29, 1.82) is 0 Å². The normalized spacial score (nSPS) is 22.5. The molecule has 0 aromatic heterocycles. The van der Waals surface area contributed by atoms with Gasteiger partial charge in [0.15, 0.2) is 0 Å². The molecule has 1 rings (SSSR count). The van der Waals surface area contributed by atoms with E-state index in [4.69, 9.17) is 0 Å². The van der Waals surface area contributed by atoms with E-state index in [9.17, 15) is 0 Å². The SMILES string of the molecule is CN(C)C1(CC(C)(C)C)CCC1. The molecule has 1 fully saturated rings. The Hall–Kier alpha value is -0.0400. The quantitative estimate of drug-likeness (QED) is 0.614. The highest BCUT2D eigenvalue weighted by molar-refractivity contribution is 4.98. The minimum absolute atomic E-state index is 0.477. The lowest BCUT2D eigenvalue weighted by molar-refractivity contribution is 0.0199. The van der Waals surface area contributed by atoms with Gasteiger partial charge in [0.05, 0.1) is 0 Å². The summed E-state index contributed by atoms with van der Waals surface area (Å²) in [5, 5.41) is 0. The number of nitrogens with zero attached hydrogens (tertiary/aromatic N) is 1. The van der Waals surface area contributed by atoms with Gasteiger partial charge in [-0.1, -0.05) is 20.8 Å². The van der Waals surface area contributed by atoms with Crippen molar-refractivity contribution < 1.29 is 0 Å². The van der Waals surface area contributed by atoms with E-state index in [1.54, 1.807) is 0 Å². The molecule has 0 spiro atoms. The summed E-state index contributed by atoms with van der Waals surface area (Å²) in [5.74, 6) is 0.